The smallest absolute Gasteiger partial charge is 0.257 e. The Morgan fingerprint density at radius 1 is 1.25 bits per heavy atom. The number of fused-ring (bicyclic) bond motifs is 1. The molecule has 1 heterocycles. The Balaban J connectivity index is 1.78. The lowest BCUT2D eigenvalue weighted by Crippen LogP contribution is -2.11. The number of nitrogens with zero attached hydrogens (tertiary/aromatic N) is 1. The van der Waals surface area contributed by atoms with Gasteiger partial charge in [-0.3, -0.25) is 10.1 Å². The van der Waals surface area contributed by atoms with Crippen LogP contribution in [0.5, 0.6) is 5.75 Å². The first kappa shape index (κ1) is 16.4. The second-order valence-electron chi connectivity index (χ2n) is 5.17. The highest BCUT2D eigenvalue weighted by molar-refractivity contribution is 7.22. The molecule has 0 aliphatic carbocycles. The van der Waals surface area contributed by atoms with E-state index < -0.39 is 0 Å². The minimum atomic E-state index is -0.183. The molecule has 0 radical (unpaired) electrons. The van der Waals surface area contributed by atoms with Crippen molar-refractivity contribution in [2.45, 2.75) is 13.5 Å². The lowest BCUT2D eigenvalue weighted by Gasteiger charge is -2.04. The summed E-state index contributed by atoms with van der Waals surface area (Å²) in [6, 6.07) is 13.1. The molecule has 0 fully saturated rings. The number of rotatable bonds is 6. The number of carbonyl (C=O) groups excluding carboxylic acids is 1. The number of hydrogen-bond acceptors (Lipinski definition) is 5. The predicted octanol–water partition coefficient (Wildman–Crippen LogP) is 4.09. The van der Waals surface area contributed by atoms with E-state index in [1.807, 2.05) is 43.3 Å². The zero-order chi connectivity index (χ0) is 16.9. The first-order chi connectivity index (χ1) is 11.7. The van der Waals surface area contributed by atoms with E-state index in [0.717, 1.165) is 21.5 Å². The van der Waals surface area contributed by atoms with E-state index >= 15 is 0 Å². The van der Waals surface area contributed by atoms with Gasteiger partial charge in [0.1, 0.15) is 5.75 Å². The van der Waals surface area contributed by atoms with Crippen LogP contribution >= 0.6 is 11.3 Å². The zero-order valence-corrected chi connectivity index (χ0v) is 14.4. The van der Waals surface area contributed by atoms with Crippen LogP contribution in [0.15, 0.2) is 42.5 Å². The highest BCUT2D eigenvalue weighted by Gasteiger charge is 2.11. The van der Waals surface area contributed by atoms with Gasteiger partial charge in [0.25, 0.3) is 5.91 Å². The number of methoxy groups -OCH3 is 1. The van der Waals surface area contributed by atoms with Crippen LogP contribution in [0.25, 0.3) is 10.2 Å². The van der Waals surface area contributed by atoms with Gasteiger partial charge in [-0.15, -0.1) is 0 Å². The van der Waals surface area contributed by atoms with Gasteiger partial charge in [-0.05, 0) is 42.8 Å². The number of carbonyl (C=O) groups is 1. The summed E-state index contributed by atoms with van der Waals surface area (Å²) in [6.45, 7) is 3.04. The summed E-state index contributed by atoms with van der Waals surface area (Å²) in [4.78, 5) is 16.9. The van der Waals surface area contributed by atoms with Crippen LogP contribution in [0, 0.1) is 0 Å². The third kappa shape index (κ3) is 3.72. The molecule has 3 aromatic rings. The van der Waals surface area contributed by atoms with Crippen LogP contribution in [-0.4, -0.2) is 24.6 Å². The fourth-order valence-corrected chi connectivity index (χ4v) is 3.24. The number of thiazole rings is 1. The summed E-state index contributed by atoms with van der Waals surface area (Å²) < 4.78 is 11.6. The number of amides is 1. The Morgan fingerprint density at radius 2 is 2.12 bits per heavy atom. The van der Waals surface area contributed by atoms with Crippen molar-refractivity contribution in [1.82, 2.24) is 4.98 Å². The first-order valence-electron chi connectivity index (χ1n) is 7.62. The van der Waals surface area contributed by atoms with E-state index in [0.29, 0.717) is 23.9 Å². The number of ether oxygens (including phenoxy) is 2. The first-order valence-corrected chi connectivity index (χ1v) is 8.44. The Hall–Kier alpha value is -2.44. The molecule has 0 saturated heterocycles. The van der Waals surface area contributed by atoms with E-state index in [2.05, 4.69) is 10.3 Å². The van der Waals surface area contributed by atoms with Crippen molar-refractivity contribution in [2.24, 2.45) is 0 Å². The molecule has 24 heavy (non-hydrogen) atoms. The summed E-state index contributed by atoms with van der Waals surface area (Å²) in [7, 11) is 1.63. The highest BCUT2D eigenvalue weighted by atomic mass is 32.1. The van der Waals surface area contributed by atoms with Crippen LogP contribution in [0.3, 0.4) is 0 Å². The fraction of sp³-hybridized carbons (Fsp3) is 0.222. The van der Waals surface area contributed by atoms with E-state index in [-0.39, 0.29) is 5.91 Å². The molecule has 0 saturated carbocycles. The monoisotopic (exact) mass is 342 g/mol. The van der Waals surface area contributed by atoms with Gasteiger partial charge in [-0.25, -0.2) is 4.98 Å². The number of anilines is 1. The van der Waals surface area contributed by atoms with Crippen molar-refractivity contribution in [3.8, 4) is 5.75 Å². The van der Waals surface area contributed by atoms with Crippen LogP contribution < -0.4 is 10.1 Å². The molecule has 0 aliphatic heterocycles. The van der Waals surface area contributed by atoms with Gasteiger partial charge in [0, 0.05) is 12.7 Å². The standard InChI is InChI=1S/C18H18N2O3S/c1-3-23-14-7-8-15-16(10-14)24-18(19-15)20-17(21)13-6-4-5-12(9-13)11-22-2/h4-10H,3,11H2,1-2H3,(H,19,20,21). The van der Waals surface area contributed by atoms with Gasteiger partial charge in [0.15, 0.2) is 5.13 Å². The fourth-order valence-electron chi connectivity index (χ4n) is 2.35. The minimum Gasteiger partial charge on any atom is -0.494 e. The average Bonchev–Trinajstić information content (AvgIpc) is 2.97. The van der Waals surface area contributed by atoms with Crippen LogP contribution in [0.2, 0.25) is 0 Å². The van der Waals surface area contributed by atoms with Gasteiger partial charge in [-0.1, -0.05) is 23.5 Å². The van der Waals surface area contributed by atoms with Gasteiger partial charge in [-0.2, -0.15) is 0 Å². The highest BCUT2D eigenvalue weighted by Crippen LogP contribution is 2.29. The summed E-state index contributed by atoms with van der Waals surface area (Å²) in [5, 5.41) is 3.43. The van der Waals surface area contributed by atoms with Crippen molar-refractivity contribution in [1.29, 1.82) is 0 Å². The Labute approximate surface area is 144 Å². The predicted molar refractivity (Wildman–Crippen MR) is 95.9 cm³/mol. The Kier molecular flexibility index (Phi) is 5.08. The van der Waals surface area contributed by atoms with E-state index in [1.54, 1.807) is 13.2 Å². The van der Waals surface area contributed by atoms with Crippen LogP contribution in [0.1, 0.15) is 22.8 Å². The maximum absolute atomic E-state index is 12.4. The lowest BCUT2D eigenvalue weighted by atomic mass is 10.1. The summed E-state index contributed by atoms with van der Waals surface area (Å²) in [5.41, 5.74) is 2.38. The normalized spacial score (nSPS) is 10.8. The summed E-state index contributed by atoms with van der Waals surface area (Å²) >= 11 is 1.43. The molecule has 0 atom stereocenters. The molecule has 1 aromatic heterocycles. The Bertz CT molecular complexity index is 860. The number of benzene rings is 2. The van der Waals surface area contributed by atoms with E-state index in [9.17, 15) is 4.79 Å². The molecule has 1 amide bonds. The third-order valence-corrected chi connectivity index (χ3v) is 4.33. The quantitative estimate of drug-likeness (QED) is 0.733. The van der Waals surface area contributed by atoms with Crippen molar-refractivity contribution in [3.63, 3.8) is 0 Å². The van der Waals surface area contributed by atoms with Gasteiger partial charge in [0.2, 0.25) is 0 Å². The molecule has 6 heteroatoms. The van der Waals surface area contributed by atoms with Gasteiger partial charge < -0.3 is 9.47 Å². The van der Waals surface area contributed by atoms with Crippen molar-refractivity contribution < 1.29 is 14.3 Å². The molecule has 5 nitrogen and oxygen atoms in total. The number of aromatic nitrogens is 1. The second-order valence-corrected chi connectivity index (χ2v) is 6.20. The molecule has 124 valence electrons. The molecular formula is C18H18N2O3S. The maximum Gasteiger partial charge on any atom is 0.257 e. The molecule has 2 aromatic carbocycles. The largest absolute Gasteiger partial charge is 0.494 e. The number of hydrogen-bond donors (Lipinski definition) is 1. The molecule has 1 N–H and O–H groups in total. The third-order valence-electron chi connectivity index (χ3n) is 3.39. The lowest BCUT2D eigenvalue weighted by molar-refractivity contribution is 0.102. The summed E-state index contributed by atoms with van der Waals surface area (Å²) in [6.07, 6.45) is 0. The zero-order valence-electron chi connectivity index (χ0n) is 13.5. The van der Waals surface area contributed by atoms with Crippen molar-refractivity contribution in [3.05, 3.63) is 53.6 Å². The SMILES string of the molecule is CCOc1ccc2nc(NC(=O)c3cccc(COC)c3)sc2c1. The van der Waals surface area contributed by atoms with Crippen LogP contribution in [-0.2, 0) is 11.3 Å². The molecule has 0 bridgehead atoms. The molecule has 0 aliphatic rings. The second kappa shape index (κ2) is 7.42. The molecule has 3 rings (SSSR count). The minimum absolute atomic E-state index is 0.183. The van der Waals surface area contributed by atoms with Crippen molar-refractivity contribution in [2.75, 3.05) is 19.0 Å². The van der Waals surface area contributed by atoms with E-state index in [1.165, 1.54) is 11.3 Å². The van der Waals surface area contributed by atoms with Crippen molar-refractivity contribution >= 4 is 32.6 Å². The maximum atomic E-state index is 12.4. The van der Waals surface area contributed by atoms with Gasteiger partial charge in [0.05, 0.1) is 23.4 Å². The van der Waals surface area contributed by atoms with Gasteiger partial charge >= 0.3 is 0 Å². The molecule has 0 unspecified atom stereocenters. The molecule has 0 spiro atoms. The average molecular weight is 342 g/mol. The molecular weight excluding hydrogens is 324 g/mol. The van der Waals surface area contributed by atoms with Crippen LogP contribution in [0.4, 0.5) is 5.13 Å². The topological polar surface area (TPSA) is 60.5 Å². The Morgan fingerprint density at radius 3 is 2.92 bits per heavy atom. The number of nitrogens with one attached hydrogen (secondary N) is 1. The summed E-state index contributed by atoms with van der Waals surface area (Å²) in [5.74, 6) is 0.621. The van der Waals surface area contributed by atoms with E-state index in [4.69, 9.17) is 9.47 Å².